The molecule has 2 aliphatic rings. The summed E-state index contributed by atoms with van der Waals surface area (Å²) in [5.41, 5.74) is -0.686. The standard InChI is InChI=1S/C15H19NO5S/c1-21-11-8-15(9-11,14(17)18)16-22(19,20)13-5-3-2-4-12(13)10-6-7-10/h2-5,10-11,16H,6-9H2,1H3,(H,17,18). The normalized spacial score (nSPS) is 28.1. The first-order chi connectivity index (χ1) is 10.4. The van der Waals surface area contributed by atoms with Crippen molar-refractivity contribution in [1.29, 1.82) is 0 Å². The molecule has 0 aliphatic heterocycles. The Kier molecular flexibility index (Phi) is 3.74. The number of carboxylic acids is 1. The Balaban J connectivity index is 1.89. The summed E-state index contributed by atoms with van der Waals surface area (Å²) in [6, 6.07) is 6.81. The Bertz CT molecular complexity index is 690. The van der Waals surface area contributed by atoms with E-state index in [1.54, 1.807) is 12.1 Å². The SMILES string of the molecule is COC1CC(NS(=O)(=O)c2ccccc2C2CC2)(C(=O)O)C1. The molecule has 0 atom stereocenters. The summed E-state index contributed by atoms with van der Waals surface area (Å²) in [6.45, 7) is 0. The quantitative estimate of drug-likeness (QED) is 0.826. The lowest BCUT2D eigenvalue weighted by Gasteiger charge is -2.43. The van der Waals surface area contributed by atoms with Crippen molar-refractivity contribution in [2.24, 2.45) is 0 Å². The van der Waals surface area contributed by atoms with Crippen LogP contribution < -0.4 is 4.72 Å². The van der Waals surface area contributed by atoms with Crippen LogP contribution in [0.1, 0.15) is 37.2 Å². The number of benzene rings is 1. The van der Waals surface area contributed by atoms with Gasteiger partial charge in [-0.05, 0) is 30.4 Å². The number of nitrogens with one attached hydrogen (secondary N) is 1. The van der Waals surface area contributed by atoms with Crippen molar-refractivity contribution in [1.82, 2.24) is 4.72 Å². The number of ether oxygens (including phenoxy) is 1. The molecule has 0 spiro atoms. The summed E-state index contributed by atoms with van der Waals surface area (Å²) in [7, 11) is -2.38. The van der Waals surface area contributed by atoms with Crippen LogP contribution in [-0.2, 0) is 19.6 Å². The molecular weight excluding hydrogens is 306 g/mol. The number of hydrogen-bond donors (Lipinski definition) is 2. The summed E-state index contributed by atoms with van der Waals surface area (Å²) >= 11 is 0. The Hall–Kier alpha value is -1.44. The zero-order valence-electron chi connectivity index (χ0n) is 12.3. The van der Waals surface area contributed by atoms with Crippen molar-refractivity contribution in [2.45, 2.75) is 48.1 Å². The van der Waals surface area contributed by atoms with Gasteiger partial charge in [0, 0.05) is 20.0 Å². The maximum Gasteiger partial charge on any atom is 0.325 e. The number of aliphatic carboxylic acids is 1. The van der Waals surface area contributed by atoms with Gasteiger partial charge < -0.3 is 9.84 Å². The molecule has 0 heterocycles. The molecule has 2 fully saturated rings. The van der Waals surface area contributed by atoms with Crippen LogP contribution >= 0.6 is 0 Å². The van der Waals surface area contributed by atoms with Crippen LogP contribution in [0.5, 0.6) is 0 Å². The Morgan fingerprint density at radius 3 is 2.50 bits per heavy atom. The third-order valence-electron chi connectivity index (χ3n) is 4.45. The number of methoxy groups -OCH3 is 1. The fourth-order valence-corrected chi connectivity index (χ4v) is 4.64. The second-order valence-corrected chi connectivity index (χ2v) is 7.72. The van der Waals surface area contributed by atoms with Gasteiger partial charge >= 0.3 is 5.97 Å². The molecule has 0 bridgehead atoms. The average Bonchev–Trinajstić information content (AvgIpc) is 3.26. The molecule has 0 amide bonds. The monoisotopic (exact) mass is 325 g/mol. The minimum Gasteiger partial charge on any atom is -0.480 e. The molecule has 2 saturated carbocycles. The Morgan fingerprint density at radius 2 is 1.95 bits per heavy atom. The molecule has 2 N–H and O–H groups in total. The Labute approximate surface area is 129 Å². The highest BCUT2D eigenvalue weighted by molar-refractivity contribution is 7.89. The fraction of sp³-hybridized carbons (Fsp3) is 0.533. The van der Waals surface area contributed by atoms with Crippen LogP contribution in [0.4, 0.5) is 0 Å². The first-order valence-electron chi connectivity index (χ1n) is 7.27. The lowest BCUT2D eigenvalue weighted by molar-refractivity contribution is -0.154. The number of rotatable bonds is 6. The van der Waals surface area contributed by atoms with Crippen LogP contribution in [0.2, 0.25) is 0 Å². The van der Waals surface area contributed by atoms with Gasteiger partial charge in [0.05, 0.1) is 11.0 Å². The molecule has 2 aliphatic carbocycles. The molecule has 1 aromatic rings. The summed E-state index contributed by atoms with van der Waals surface area (Å²) in [6.07, 6.45) is 2.01. The van der Waals surface area contributed by atoms with Crippen molar-refractivity contribution < 1.29 is 23.1 Å². The number of carbonyl (C=O) groups is 1. The van der Waals surface area contributed by atoms with Gasteiger partial charge in [0.15, 0.2) is 0 Å². The third-order valence-corrected chi connectivity index (χ3v) is 6.06. The van der Waals surface area contributed by atoms with Gasteiger partial charge in [-0.3, -0.25) is 4.79 Å². The molecule has 7 heteroatoms. The summed E-state index contributed by atoms with van der Waals surface area (Å²) in [4.78, 5) is 11.7. The lowest BCUT2D eigenvalue weighted by Crippen LogP contribution is -2.64. The highest BCUT2D eigenvalue weighted by atomic mass is 32.2. The average molecular weight is 325 g/mol. The molecule has 3 rings (SSSR count). The largest absolute Gasteiger partial charge is 0.480 e. The molecule has 0 saturated heterocycles. The van der Waals surface area contributed by atoms with E-state index in [0.717, 1.165) is 18.4 Å². The van der Waals surface area contributed by atoms with Gasteiger partial charge in [0.25, 0.3) is 0 Å². The van der Waals surface area contributed by atoms with Gasteiger partial charge in [-0.25, -0.2) is 8.42 Å². The molecule has 120 valence electrons. The summed E-state index contributed by atoms with van der Waals surface area (Å²) < 4.78 is 32.8. The predicted octanol–water partition coefficient (Wildman–Crippen LogP) is 1.47. The van der Waals surface area contributed by atoms with Crippen molar-refractivity contribution >= 4 is 16.0 Å². The second-order valence-electron chi connectivity index (χ2n) is 6.07. The van der Waals surface area contributed by atoms with Crippen molar-refractivity contribution in [3.05, 3.63) is 29.8 Å². The minimum atomic E-state index is -3.88. The summed E-state index contributed by atoms with van der Waals surface area (Å²) in [5, 5.41) is 9.42. The van der Waals surface area contributed by atoms with E-state index in [1.807, 2.05) is 6.07 Å². The maximum absolute atomic E-state index is 12.7. The van der Waals surface area contributed by atoms with Crippen molar-refractivity contribution in [2.75, 3.05) is 7.11 Å². The Morgan fingerprint density at radius 1 is 1.32 bits per heavy atom. The first-order valence-corrected chi connectivity index (χ1v) is 8.75. The highest BCUT2D eigenvalue weighted by Crippen LogP contribution is 2.43. The molecule has 6 nitrogen and oxygen atoms in total. The molecule has 22 heavy (non-hydrogen) atoms. The lowest BCUT2D eigenvalue weighted by atomic mass is 9.75. The third kappa shape index (κ3) is 2.64. The van der Waals surface area contributed by atoms with Gasteiger partial charge in [-0.2, -0.15) is 4.72 Å². The van der Waals surface area contributed by atoms with Gasteiger partial charge in [-0.15, -0.1) is 0 Å². The van der Waals surface area contributed by atoms with E-state index >= 15 is 0 Å². The van der Waals surface area contributed by atoms with Gasteiger partial charge in [-0.1, -0.05) is 18.2 Å². The molecule has 0 unspecified atom stereocenters. The smallest absolute Gasteiger partial charge is 0.325 e. The molecule has 1 aromatic carbocycles. The molecular formula is C15H19NO5S. The van der Waals surface area contributed by atoms with Crippen LogP contribution in [0.3, 0.4) is 0 Å². The molecule has 0 aromatic heterocycles. The summed E-state index contributed by atoms with van der Waals surface area (Å²) in [5.74, 6) is -0.894. The van der Waals surface area contributed by atoms with E-state index < -0.39 is 21.5 Å². The van der Waals surface area contributed by atoms with Crippen LogP contribution in [0, 0.1) is 0 Å². The molecule has 0 radical (unpaired) electrons. The van der Waals surface area contributed by atoms with E-state index in [1.165, 1.54) is 13.2 Å². The van der Waals surface area contributed by atoms with E-state index in [4.69, 9.17) is 4.74 Å². The zero-order valence-corrected chi connectivity index (χ0v) is 13.1. The van der Waals surface area contributed by atoms with Gasteiger partial charge in [0.1, 0.15) is 5.54 Å². The number of carboxylic acid groups (broad SMARTS) is 1. The second kappa shape index (κ2) is 5.33. The predicted molar refractivity (Wildman–Crippen MR) is 79.1 cm³/mol. The van der Waals surface area contributed by atoms with Crippen molar-refractivity contribution in [3.8, 4) is 0 Å². The zero-order chi connectivity index (χ0) is 16.0. The van der Waals surface area contributed by atoms with E-state index in [9.17, 15) is 18.3 Å². The highest BCUT2D eigenvalue weighted by Gasteiger charge is 2.53. The topological polar surface area (TPSA) is 92.7 Å². The van der Waals surface area contributed by atoms with Gasteiger partial charge in [0.2, 0.25) is 10.0 Å². The number of hydrogen-bond acceptors (Lipinski definition) is 4. The van der Waals surface area contributed by atoms with E-state index in [2.05, 4.69) is 4.72 Å². The van der Waals surface area contributed by atoms with Crippen LogP contribution in [-0.4, -0.2) is 38.2 Å². The van der Waals surface area contributed by atoms with Crippen molar-refractivity contribution in [3.63, 3.8) is 0 Å². The maximum atomic E-state index is 12.7. The first kappa shape index (κ1) is 15.5. The number of sulfonamides is 1. The minimum absolute atomic E-state index is 0.143. The van der Waals surface area contributed by atoms with E-state index in [-0.39, 0.29) is 29.8 Å². The van der Waals surface area contributed by atoms with Crippen LogP contribution in [0.15, 0.2) is 29.2 Å². The van der Waals surface area contributed by atoms with E-state index in [0.29, 0.717) is 0 Å². The van der Waals surface area contributed by atoms with Crippen LogP contribution in [0.25, 0.3) is 0 Å². The fourth-order valence-electron chi connectivity index (χ4n) is 2.95.